The van der Waals surface area contributed by atoms with Crippen molar-refractivity contribution in [3.63, 3.8) is 0 Å². The highest BCUT2D eigenvalue weighted by Crippen LogP contribution is 2.28. The molecule has 0 saturated heterocycles. The predicted octanol–water partition coefficient (Wildman–Crippen LogP) is 2.22. The summed E-state index contributed by atoms with van der Waals surface area (Å²) in [5, 5.41) is 0.185. The molecular formula is C17H17ClN2O4S. The second kappa shape index (κ2) is 7.03. The van der Waals surface area contributed by atoms with Crippen LogP contribution in [0.4, 0.5) is 5.69 Å². The lowest BCUT2D eigenvalue weighted by atomic mass is 10.2. The van der Waals surface area contributed by atoms with E-state index < -0.39 is 10.0 Å². The number of rotatable bonds is 5. The number of carbonyl (C=O) groups excluding carboxylic acids is 1. The fourth-order valence-electron chi connectivity index (χ4n) is 2.75. The highest BCUT2D eigenvalue weighted by Gasteiger charge is 2.25. The standard InChI is InChI=1S/C17H17ClN2O4S/c1-24-16-7-6-13(10-14(16)18)25(22,23)19-11-17(21)20-9-8-12-4-2-3-5-15(12)20/h2-7,10,19H,8-9,11H2,1H3. The summed E-state index contributed by atoms with van der Waals surface area (Å²) < 4.78 is 32.1. The summed E-state index contributed by atoms with van der Waals surface area (Å²) in [4.78, 5) is 14.0. The minimum atomic E-state index is -3.85. The molecule has 0 spiro atoms. The van der Waals surface area contributed by atoms with Gasteiger partial charge in [0.15, 0.2) is 0 Å². The van der Waals surface area contributed by atoms with Crippen LogP contribution in [0.5, 0.6) is 5.75 Å². The highest BCUT2D eigenvalue weighted by molar-refractivity contribution is 7.89. The molecule has 0 unspecified atom stereocenters. The van der Waals surface area contributed by atoms with Crippen molar-refractivity contribution in [2.75, 3.05) is 25.1 Å². The summed E-state index contributed by atoms with van der Waals surface area (Å²) in [6.07, 6.45) is 0.767. The first-order valence-electron chi connectivity index (χ1n) is 7.64. The molecule has 1 N–H and O–H groups in total. The first kappa shape index (κ1) is 17.7. The Morgan fingerprint density at radius 2 is 2.04 bits per heavy atom. The molecule has 0 aliphatic carbocycles. The van der Waals surface area contributed by atoms with Crippen molar-refractivity contribution in [1.82, 2.24) is 4.72 Å². The Morgan fingerprint density at radius 3 is 2.76 bits per heavy atom. The van der Waals surface area contributed by atoms with Crippen LogP contribution in [0.25, 0.3) is 0 Å². The van der Waals surface area contributed by atoms with E-state index >= 15 is 0 Å². The van der Waals surface area contributed by atoms with Crippen LogP contribution in [-0.4, -0.2) is 34.5 Å². The summed E-state index contributed by atoms with van der Waals surface area (Å²) in [7, 11) is -2.40. The molecule has 2 aromatic rings. The summed E-state index contributed by atoms with van der Waals surface area (Å²) in [6.45, 7) is 0.231. The van der Waals surface area contributed by atoms with Crippen molar-refractivity contribution >= 4 is 33.2 Å². The van der Waals surface area contributed by atoms with E-state index in [1.54, 1.807) is 4.90 Å². The predicted molar refractivity (Wildman–Crippen MR) is 95.7 cm³/mol. The third-order valence-electron chi connectivity index (χ3n) is 4.04. The Labute approximate surface area is 151 Å². The minimum absolute atomic E-state index is 0.0204. The van der Waals surface area contributed by atoms with Gasteiger partial charge in [0.1, 0.15) is 5.75 Å². The van der Waals surface area contributed by atoms with Gasteiger partial charge in [-0.3, -0.25) is 4.79 Å². The van der Waals surface area contributed by atoms with Crippen molar-refractivity contribution in [3.05, 3.63) is 53.1 Å². The van der Waals surface area contributed by atoms with Gasteiger partial charge in [0.2, 0.25) is 15.9 Å². The van der Waals surface area contributed by atoms with Gasteiger partial charge in [-0.1, -0.05) is 29.8 Å². The van der Waals surface area contributed by atoms with E-state index in [1.807, 2.05) is 24.3 Å². The number of benzene rings is 2. The quantitative estimate of drug-likeness (QED) is 0.862. The van der Waals surface area contributed by atoms with Crippen LogP contribution in [0.3, 0.4) is 0 Å². The lowest BCUT2D eigenvalue weighted by Gasteiger charge is -2.17. The maximum atomic E-state index is 12.4. The molecule has 3 rings (SSSR count). The van der Waals surface area contributed by atoms with Crippen LogP contribution in [0.2, 0.25) is 5.02 Å². The molecule has 0 radical (unpaired) electrons. The van der Waals surface area contributed by atoms with Gasteiger partial charge in [-0.2, -0.15) is 0 Å². The van der Waals surface area contributed by atoms with Crippen molar-refractivity contribution in [3.8, 4) is 5.75 Å². The van der Waals surface area contributed by atoms with E-state index in [0.29, 0.717) is 12.3 Å². The summed E-state index contributed by atoms with van der Waals surface area (Å²) >= 11 is 5.97. The molecular weight excluding hydrogens is 364 g/mol. The maximum absolute atomic E-state index is 12.4. The van der Waals surface area contributed by atoms with Gasteiger partial charge in [0.25, 0.3) is 0 Å². The number of amides is 1. The third-order valence-corrected chi connectivity index (χ3v) is 5.73. The van der Waals surface area contributed by atoms with Crippen LogP contribution in [-0.2, 0) is 21.2 Å². The average molecular weight is 381 g/mol. The summed E-state index contributed by atoms with van der Waals surface area (Å²) in [6, 6.07) is 11.7. The van der Waals surface area contributed by atoms with Gasteiger partial charge in [-0.05, 0) is 36.2 Å². The van der Waals surface area contributed by atoms with Gasteiger partial charge in [-0.25, -0.2) is 13.1 Å². The van der Waals surface area contributed by atoms with Crippen LogP contribution in [0, 0.1) is 0 Å². The van der Waals surface area contributed by atoms with E-state index in [-0.39, 0.29) is 22.4 Å². The van der Waals surface area contributed by atoms with Crippen LogP contribution in [0.1, 0.15) is 5.56 Å². The minimum Gasteiger partial charge on any atom is -0.495 e. The molecule has 2 aromatic carbocycles. The molecule has 0 saturated carbocycles. The second-order valence-electron chi connectivity index (χ2n) is 5.54. The summed E-state index contributed by atoms with van der Waals surface area (Å²) in [5.41, 5.74) is 1.92. The number of hydrogen-bond donors (Lipinski definition) is 1. The number of carbonyl (C=O) groups is 1. The van der Waals surface area contributed by atoms with Gasteiger partial charge in [0, 0.05) is 12.2 Å². The first-order chi connectivity index (χ1) is 11.9. The molecule has 8 heteroatoms. The third kappa shape index (κ3) is 3.63. The molecule has 1 heterocycles. The number of fused-ring (bicyclic) bond motifs is 1. The smallest absolute Gasteiger partial charge is 0.242 e. The van der Waals surface area contributed by atoms with Crippen LogP contribution >= 0.6 is 11.6 Å². The zero-order chi connectivity index (χ0) is 18.0. The zero-order valence-electron chi connectivity index (χ0n) is 13.5. The molecule has 0 aromatic heterocycles. The Kier molecular flexibility index (Phi) is 4.99. The van der Waals surface area contributed by atoms with E-state index in [0.717, 1.165) is 17.7 Å². The SMILES string of the molecule is COc1ccc(S(=O)(=O)NCC(=O)N2CCc3ccccc32)cc1Cl. The number of sulfonamides is 1. The van der Waals surface area contributed by atoms with E-state index in [9.17, 15) is 13.2 Å². The van der Waals surface area contributed by atoms with Gasteiger partial charge >= 0.3 is 0 Å². The van der Waals surface area contributed by atoms with Crippen molar-refractivity contribution < 1.29 is 17.9 Å². The average Bonchev–Trinajstić information content (AvgIpc) is 3.04. The second-order valence-corrected chi connectivity index (χ2v) is 7.72. The first-order valence-corrected chi connectivity index (χ1v) is 9.50. The summed E-state index contributed by atoms with van der Waals surface area (Å²) in [5.74, 6) is 0.0819. The monoisotopic (exact) mass is 380 g/mol. The van der Waals surface area contributed by atoms with Crippen LogP contribution < -0.4 is 14.4 Å². The number of anilines is 1. The molecule has 1 aliphatic heterocycles. The maximum Gasteiger partial charge on any atom is 0.242 e. The van der Waals surface area contributed by atoms with E-state index in [2.05, 4.69) is 4.72 Å². The number of methoxy groups -OCH3 is 1. The largest absolute Gasteiger partial charge is 0.495 e. The molecule has 0 bridgehead atoms. The Hall–Kier alpha value is -2.09. The normalized spacial score (nSPS) is 13.6. The molecule has 1 aliphatic rings. The van der Waals surface area contributed by atoms with Gasteiger partial charge in [0.05, 0.1) is 23.6 Å². The number of nitrogens with one attached hydrogen (secondary N) is 1. The fraction of sp³-hybridized carbons (Fsp3) is 0.235. The molecule has 25 heavy (non-hydrogen) atoms. The van der Waals surface area contributed by atoms with Crippen molar-refractivity contribution in [1.29, 1.82) is 0 Å². The number of hydrogen-bond acceptors (Lipinski definition) is 4. The molecule has 1 amide bonds. The van der Waals surface area contributed by atoms with E-state index in [4.69, 9.17) is 16.3 Å². The number of nitrogens with zero attached hydrogens (tertiary/aromatic N) is 1. The lowest BCUT2D eigenvalue weighted by Crippen LogP contribution is -2.39. The Bertz CT molecular complexity index is 915. The molecule has 132 valence electrons. The topological polar surface area (TPSA) is 75.7 Å². The molecule has 6 nitrogen and oxygen atoms in total. The highest BCUT2D eigenvalue weighted by atomic mass is 35.5. The van der Waals surface area contributed by atoms with Crippen molar-refractivity contribution in [2.45, 2.75) is 11.3 Å². The lowest BCUT2D eigenvalue weighted by molar-refractivity contribution is -0.117. The van der Waals surface area contributed by atoms with Crippen molar-refractivity contribution in [2.24, 2.45) is 0 Å². The Balaban J connectivity index is 1.70. The van der Waals surface area contributed by atoms with Gasteiger partial charge < -0.3 is 9.64 Å². The molecule has 0 atom stereocenters. The Morgan fingerprint density at radius 1 is 1.28 bits per heavy atom. The fourth-order valence-corrected chi connectivity index (χ4v) is 4.07. The number of ether oxygens (including phenoxy) is 1. The van der Waals surface area contributed by atoms with Gasteiger partial charge in [-0.15, -0.1) is 0 Å². The van der Waals surface area contributed by atoms with Crippen LogP contribution in [0.15, 0.2) is 47.4 Å². The van der Waals surface area contributed by atoms with E-state index in [1.165, 1.54) is 25.3 Å². The molecule has 0 fully saturated rings. The zero-order valence-corrected chi connectivity index (χ0v) is 15.1. The number of halogens is 1. The number of para-hydroxylation sites is 1.